The van der Waals surface area contributed by atoms with Crippen LogP contribution in [0.3, 0.4) is 0 Å². The molecule has 0 fully saturated rings. The molecule has 0 aliphatic carbocycles. The average molecular weight is 559 g/mol. The van der Waals surface area contributed by atoms with Crippen molar-refractivity contribution in [3.05, 3.63) is 89.4 Å². The average Bonchev–Trinajstić information content (AvgIpc) is 2.94. The van der Waals surface area contributed by atoms with Gasteiger partial charge in [0.25, 0.3) is 0 Å². The standard InChI is InChI=1S/C33H43FN6O/c1-7-10-27(20-24(3)34)33(4,5)31(41)37-21-25-13-15-26(16-14-25)29-22-38-32(39-28-12-8-11-23(2)19-28)40-30(29)36-18-9-17-35-6/h8,10-16,19-20,22,35H,7,9,17-18,21H2,1-6H3,(H,37,41)(H2,36,38,39,40)/b24-20+,27-10+. The summed E-state index contributed by atoms with van der Waals surface area (Å²) >= 11 is 0. The van der Waals surface area contributed by atoms with Crippen molar-refractivity contribution < 1.29 is 9.18 Å². The lowest BCUT2D eigenvalue weighted by Crippen LogP contribution is -2.37. The fourth-order valence-electron chi connectivity index (χ4n) is 4.38. The van der Waals surface area contributed by atoms with E-state index < -0.39 is 5.41 Å². The van der Waals surface area contributed by atoms with Crippen molar-refractivity contribution in [3.63, 3.8) is 0 Å². The molecule has 0 bridgehead atoms. The van der Waals surface area contributed by atoms with Crippen molar-refractivity contribution in [1.29, 1.82) is 0 Å². The van der Waals surface area contributed by atoms with Crippen LogP contribution in [0.4, 0.5) is 21.8 Å². The summed E-state index contributed by atoms with van der Waals surface area (Å²) in [6, 6.07) is 16.1. The van der Waals surface area contributed by atoms with Gasteiger partial charge in [-0.15, -0.1) is 0 Å². The molecule has 0 aliphatic heterocycles. The molecule has 0 saturated heterocycles. The number of allylic oxidation sites excluding steroid dienone is 3. The summed E-state index contributed by atoms with van der Waals surface area (Å²) < 4.78 is 13.6. The molecule has 0 unspecified atom stereocenters. The number of rotatable bonds is 14. The molecule has 41 heavy (non-hydrogen) atoms. The van der Waals surface area contributed by atoms with E-state index in [-0.39, 0.29) is 11.7 Å². The zero-order valence-electron chi connectivity index (χ0n) is 25.1. The SMILES string of the molecule is CC/C=C(\C=C(/C)F)C(C)(C)C(=O)NCc1ccc(-c2cnc(Nc3cccc(C)c3)nc2NCCCNC)cc1. The Morgan fingerprint density at radius 1 is 1.10 bits per heavy atom. The van der Waals surface area contributed by atoms with Gasteiger partial charge < -0.3 is 21.3 Å². The smallest absolute Gasteiger partial charge is 0.230 e. The van der Waals surface area contributed by atoms with Crippen molar-refractivity contribution in [2.45, 2.75) is 54.0 Å². The van der Waals surface area contributed by atoms with Gasteiger partial charge in [-0.05, 0) is 94.6 Å². The van der Waals surface area contributed by atoms with Gasteiger partial charge in [0.15, 0.2) is 0 Å². The lowest BCUT2D eigenvalue weighted by molar-refractivity contribution is -0.127. The van der Waals surface area contributed by atoms with Crippen LogP contribution >= 0.6 is 0 Å². The molecule has 3 aromatic rings. The number of carbonyl (C=O) groups excluding carboxylic acids is 1. The molecular weight excluding hydrogens is 515 g/mol. The normalized spacial score (nSPS) is 12.3. The molecule has 8 heteroatoms. The van der Waals surface area contributed by atoms with Crippen molar-refractivity contribution in [1.82, 2.24) is 20.6 Å². The third-order valence-electron chi connectivity index (χ3n) is 6.74. The van der Waals surface area contributed by atoms with Crippen molar-refractivity contribution >= 4 is 23.4 Å². The summed E-state index contributed by atoms with van der Waals surface area (Å²) in [7, 11) is 1.94. The third-order valence-corrected chi connectivity index (χ3v) is 6.74. The second-order valence-electron chi connectivity index (χ2n) is 10.6. The molecule has 0 atom stereocenters. The summed E-state index contributed by atoms with van der Waals surface area (Å²) in [4.78, 5) is 22.4. The zero-order valence-corrected chi connectivity index (χ0v) is 25.1. The Morgan fingerprint density at radius 3 is 2.51 bits per heavy atom. The predicted octanol–water partition coefficient (Wildman–Crippen LogP) is 7.07. The van der Waals surface area contributed by atoms with E-state index in [9.17, 15) is 9.18 Å². The Bertz CT molecular complexity index is 1360. The molecule has 7 nitrogen and oxygen atoms in total. The fraction of sp³-hybridized carbons (Fsp3) is 0.364. The lowest BCUT2D eigenvalue weighted by Gasteiger charge is -2.25. The molecule has 3 rings (SSSR count). The molecular formula is C33H43FN6O. The number of hydrogen-bond acceptors (Lipinski definition) is 6. The molecule has 218 valence electrons. The number of aromatic nitrogens is 2. The summed E-state index contributed by atoms with van der Waals surface area (Å²) in [5.41, 5.74) is 4.71. The molecule has 1 amide bonds. The van der Waals surface area contributed by atoms with Crippen LogP contribution in [0, 0.1) is 12.3 Å². The monoisotopic (exact) mass is 558 g/mol. The van der Waals surface area contributed by atoms with Gasteiger partial charge in [-0.2, -0.15) is 4.98 Å². The van der Waals surface area contributed by atoms with Crippen LogP contribution in [0.25, 0.3) is 11.1 Å². The van der Waals surface area contributed by atoms with E-state index in [1.54, 1.807) is 0 Å². The first kappa shape index (κ1) is 31.5. The van der Waals surface area contributed by atoms with Crippen LogP contribution in [0.15, 0.2) is 78.3 Å². The molecule has 1 heterocycles. The highest BCUT2D eigenvalue weighted by Gasteiger charge is 2.30. The molecule has 0 aliphatic rings. The van der Waals surface area contributed by atoms with Gasteiger partial charge >= 0.3 is 0 Å². The summed E-state index contributed by atoms with van der Waals surface area (Å²) in [5, 5.41) is 12.9. The van der Waals surface area contributed by atoms with Gasteiger partial charge in [0, 0.05) is 30.5 Å². The maximum absolute atomic E-state index is 13.6. The first-order valence-corrected chi connectivity index (χ1v) is 14.1. The third kappa shape index (κ3) is 9.25. The second kappa shape index (κ2) is 15.1. The van der Waals surface area contributed by atoms with E-state index in [0.29, 0.717) is 18.1 Å². The highest BCUT2D eigenvalue weighted by molar-refractivity contribution is 5.85. The van der Waals surface area contributed by atoms with Gasteiger partial charge in [-0.25, -0.2) is 9.37 Å². The Balaban J connectivity index is 1.76. The van der Waals surface area contributed by atoms with Crippen molar-refractivity contribution in [2.24, 2.45) is 5.41 Å². The van der Waals surface area contributed by atoms with Gasteiger partial charge in [-0.3, -0.25) is 4.79 Å². The highest BCUT2D eigenvalue weighted by atomic mass is 19.1. The van der Waals surface area contributed by atoms with E-state index in [4.69, 9.17) is 4.98 Å². The summed E-state index contributed by atoms with van der Waals surface area (Å²) in [6.07, 6.45) is 6.83. The number of hydrogen-bond donors (Lipinski definition) is 4. The largest absolute Gasteiger partial charge is 0.369 e. The number of carbonyl (C=O) groups is 1. The van der Waals surface area contributed by atoms with Crippen molar-refractivity contribution in [3.8, 4) is 11.1 Å². The quantitative estimate of drug-likeness (QED) is 0.125. The molecule has 1 aromatic heterocycles. The van der Waals surface area contributed by atoms with Gasteiger partial charge in [-0.1, -0.05) is 49.4 Å². The van der Waals surface area contributed by atoms with E-state index in [2.05, 4.69) is 32.3 Å². The Morgan fingerprint density at radius 2 is 1.85 bits per heavy atom. The van der Waals surface area contributed by atoms with Crippen LogP contribution in [0.2, 0.25) is 0 Å². The van der Waals surface area contributed by atoms with E-state index in [1.165, 1.54) is 13.0 Å². The number of aryl methyl sites for hydroxylation is 1. The van der Waals surface area contributed by atoms with Crippen LogP contribution in [0.5, 0.6) is 0 Å². The minimum atomic E-state index is -0.858. The highest BCUT2D eigenvalue weighted by Crippen LogP contribution is 2.30. The number of nitrogens with zero attached hydrogens (tertiary/aromatic N) is 2. The number of benzene rings is 2. The van der Waals surface area contributed by atoms with Gasteiger partial charge in [0.2, 0.25) is 11.9 Å². The van der Waals surface area contributed by atoms with E-state index >= 15 is 0 Å². The van der Waals surface area contributed by atoms with E-state index in [1.807, 2.05) is 89.5 Å². The van der Waals surface area contributed by atoms with Crippen molar-refractivity contribution in [2.75, 3.05) is 30.8 Å². The molecule has 0 saturated carbocycles. The minimum absolute atomic E-state index is 0.156. The van der Waals surface area contributed by atoms with Crippen LogP contribution < -0.4 is 21.3 Å². The van der Waals surface area contributed by atoms with Crippen LogP contribution in [-0.4, -0.2) is 36.0 Å². The molecule has 0 spiro atoms. The molecule has 0 radical (unpaired) electrons. The lowest BCUT2D eigenvalue weighted by atomic mass is 9.82. The minimum Gasteiger partial charge on any atom is -0.369 e. The first-order valence-electron chi connectivity index (χ1n) is 14.1. The van der Waals surface area contributed by atoms with Gasteiger partial charge in [0.1, 0.15) is 5.82 Å². The Hall–Kier alpha value is -4.04. The number of halogens is 1. The maximum Gasteiger partial charge on any atom is 0.230 e. The Kier molecular flexibility index (Phi) is 11.6. The fourth-order valence-corrected chi connectivity index (χ4v) is 4.38. The summed E-state index contributed by atoms with van der Waals surface area (Å²) in [6.45, 7) is 11.1. The molecule has 4 N–H and O–H groups in total. The topological polar surface area (TPSA) is 91.0 Å². The summed E-state index contributed by atoms with van der Waals surface area (Å²) in [5.74, 6) is 0.796. The maximum atomic E-state index is 13.6. The van der Waals surface area contributed by atoms with Gasteiger partial charge in [0.05, 0.1) is 11.2 Å². The number of amides is 1. The van der Waals surface area contributed by atoms with Crippen LogP contribution in [-0.2, 0) is 11.3 Å². The predicted molar refractivity (Wildman–Crippen MR) is 168 cm³/mol. The first-order chi connectivity index (χ1) is 19.6. The number of anilines is 3. The van der Waals surface area contributed by atoms with Crippen LogP contribution in [0.1, 0.15) is 51.7 Å². The van der Waals surface area contributed by atoms with E-state index in [0.717, 1.165) is 59.7 Å². The number of nitrogens with one attached hydrogen (secondary N) is 4. The second-order valence-corrected chi connectivity index (χ2v) is 10.6. The Labute approximate surface area is 243 Å². The molecule has 2 aromatic carbocycles. The zero-order chi connectivity index (χ0) is 29.8.